The van der Waals surface area contributed by atoms with E-state index in [1.54, 1.807) is 0 Å². The van der Waals surface area contributed by atoms with E-state index in [0.29, 0.717) is 12.1 Å². The number of sulfonamides is 1. The van der Waals surface area contributed by atoms with Crippen LogP contribution in [0.15, 0.2) is 35.2 Å². The molecule has 1 saturated heterocycles. The molecule has 11 heteroatoms. The summed E-state index contributed by atoms with van der Waals surface area (Å²) in [5, 5.41) is 21.3. The summed E-state index contributed by atoms with van der Waals surface area (Å²) in [7, 11) is -4.06. The molecule has 2 aromatic rings. The maximum atomic E-state index is 13.3. The predicted octanol–water partition coefficient (Wildman–Crippen LogP) is 1.99. The predicted molar refractivity (Wildman–Crippen MR) is 101 cm³/mol. The molecule has 1 heterocycles. The van der Waals surface area contributed by atoms with Crippen molar-refractivity contribution in [2.45, 2.75) is 30.4 Å². The molecule has 3 N–H and O–H groups in total. The number of carbonyl (C=O) groups excluding carboxylic acids is 1. The number of rotatable bonds is 5. The van der Waals surface area contributed by atoms with Crippen molar-refractivity contribution in [3.05, 3.63) is 58.9 Å². The van der Waals surface area contributed by atoms with Crippen molar-refractivity contribution in [2.75, 3.05) is 18.4 Å². The van der Waals surface area contributed by atoms with Crippen LogP contribution in [0, 0.1) is 17.5 Å². The number of amides is 1. The molecule has 0 radical (unpaired) electrons. The Kier molecular flexibility index (Phi) is 6.46. The molecule has 1 aliphatic heterocycles. The van der Waals surface area contributed by atoms with Gasteiger partial charge in [-0.25, -0.2) is 21.6 Å². The molecule has 0 bridgehead atoms. The molecule has 1 fully saturated rings. The zero-order valence-corrected chi connectivity index (χ0v) is 16.4. The van der Waals surface area contributed by atoms with Gasteiger partial charge in [-0.15, -0.1) is 0 Å². The number of halogens is 3. The van der Waals surface area contributed by atoms with E-state index >= 15 is 0 Å². The number of nitrogens with one attached hydrogen (secondary N) is 1. The third kappa shape index (κ3) is 4.48. The van der Waals surface area contributed by atoms with Crippen molar-refractivity contribution in [2.24, 2.45) is 0 Å². The molecule has 0 spiro atoms. The second-order valence-corrected chi connectivity index (χ2v) is 8.73. The van der Waals surface area contributed by atoms with Crippen LogP contribution < -0.4 is 5.32 Å². The minimum Gasteiger partial charge on any atom is -0.393 e. The van der Waals surface area contributed by atoms with Crippen molar-refractivity contribution < 1.29 is 36.6 Å². The van der Waals surface area contributed by atoms with Crippen LogP contribution >= 0.6 is 0 Å². The standard InChI is InChI=1S/C19H19F3N2O5S/c20-15-8-13(9-16(21)18(15)22)23-19(27)11-1-2-12(10-25)17(7-11)30(28,29)24-5-3-14(26)4-6-24/h1-2,7-9,14,25-26H,3-6,10H2,(H,23,27). The number of hydrogen-bond acceptors (Lipinski definition) is 5. The molecule has 1 amide bonds. The fourth-order valence-electron chi connectivity index (χ4n) is 3.12. The van der Waals surface area contributed by atoms with E-state index in [-0.39, 0.29) is 47.6 Å². The lowest BCUT2D eigenvalue weighted by atomic mass is 10.1. The average molecular weight is 444 g/mol. The Morgan fingerprint density at radius 2 is 1.70 bits per heavy atom. The molecule has 3 rings (SSSR count). The Hall–Kier alpha value is -2.47. The maximum absolute atomic E-state index is 13.3. The van der Waals surface area contributed by atoms with Crippen LogP contribution in [0.25, 0.3) is 0 Å². The van der Waals surface area contributed by atoms with Crippen LogP contribution in [0.1, 0.15) is 28.8 Å². The van der Waals surface area contributed by atoms with Crippen molar-refractivity contribution in [1.82, 2.24) is 4.31 Å². The summed E-state index contributed by atoms with van der Waals surface area (Å²) < 4.78 is 66.9. The van der Waals surface area contributed by atoms with Crippen LogP contribution in [0.4, 0.5) is 18.9 Å². The Morgan fingerprint density at radius 3 is 2.27 bits per heavy atom. The second-order valence-electron chi connectivity index (χ2n) is 6.82. The zero-order chi connectivity index (χ0) is 22.1. The summed E-state index contributed by atoms with van der Waals surface area (Å²) >= 11 is 0. The van der Waals surface area contributed by atoms with Gasteiger partial charge in [0.15, 0.2) is 17.5 Å². The number of hydrogen-bond donors (Lipinski definition) is 3. The van der Waals surface area contributed by atoms with Crippen LogP contribution in [0.5, 0.6) is 0 Å². The summed E-state index contributed by atoms with van der Waals surface area (Å²) in [4.78, 5) is 12.2. The fourth-order valence-corrected chi connectivity index (χ4v) is 4.83. The largest absolute Gasteiger partial charge is 0.393 e. The molecule has 0 aromatic heterocycles. The summed E-state index contributed by atoms with van der Waals surface area (Å²) in [5.74, 6) is -5.54. The number of carbonyl (C=O) groups is 1. The van der Waals surface area contributed by atoms with Crippen molar-refractivity contribution in [3.8, 4) is 0 Å². The highest BCUT2D eigenvalue weighted by Gasteiger charge is 2.31. The molecule has 2 aromatic carbocycles. The normalized spacial score (nSPS) is 15.9. The summed E-state index contributed by atoms with van der Waals surface area (Å²) in [6.45, 7) is -0.431. The zero-order valence-electron chi connectivity index (χ0n) is 15.6. The third-order valence-corrected chi connectivity index (χ3v) is 6.76. The lowest BCUT2D eigenvalue weighted by molar-refractivity contribution is 0.102. The highest BCUT2D eigenvalue weighted by atomic mass is 32.2. The second kappa shape index (κ2) is 8.72. The van der Waals surface area contributed by atoms with E-state index in [9.17, 15) is 36.6 Å². The van der Waals surface area contributed by atoms with E-state index in [4.69, 9.17) is 0 Å². The lowest BCUT2D eigenvalue weighted by Crippen LogP contribution is -2.40. The minimum atomic E-state index is -4.06. The lowest BCUT2D eigenvalue weighted by Gasteiger charge is -2.29. The van der Waals surface area contributed by atoms with Crippen LogP contribution in [-0.4, -0.2) is 48.0 Å². The summed E-state index contributed by atoms with van der Waals surface area (Å²) in [6, 6.07) is 4.74. The Labute approximate surface area is 170 Å². The maximum Gasteiger partial charge on any atom is 0.255 e. The van der Waals surface area contributed by atoms with Crippen LogP contribution in [0.2, 0.25) is 0 Å². The first kappa shape index (κ1) is 22.2. The van der Waals surface area contributed by atoms with E-state index in [2.05, 4.69) is 5.32 Å². The molecular weight excluding hydrogens is 425 g/mol. The third-order valence-electron chi connectivity index (χ3n) is 4.78. The molecule has 7 nitrogen and oxygen atoms in total. The first-order valence-corrected chi connectivity index (χ1v) is 10.5. The SMILES string of the molecule is O=C(Nc1cc(F)c(F)c(F)c1)c1ccc(CO)c(S(=O)(=O)N2CCC(O)CC2)c1. The molecule has 162 valence electrons. The number of aliphatic hydroxyl groups excluding tert-OH is 2. The molecule has 0 atom stereocenters. The number of nitrogens with zero attached hydrogens (tertiary/aromatic N) is 1. The van der Waals surface area contributed by atoms with E-state index < -0.39 is 46.1 Å². The Balaban J connectivity index is 1.91. The number of anilines is 1. The Bertz CT molecular complexity index is 1050. The smallest absolute Gasteiger partial charge is 0.255 e. The van der Waals surface area contributed by atoms with Gasteiger partial charge in [0.05, 0.1) is 17.6 Å². The molecule has 0 aliphatic carbocycles. The Morgan fingerprint density at radius 1 is 1.10 bits per heavy atom. The van der Waals surface area contributed by atoms with Gasteiger partial charge in [-0.1, -0.05) is 6.07 Å². The van der Waals surface area contributed by atoms with E-state index in [1.807, 2.05) is 0 Å². The topological polar surface area (TPSA) is 107 Å². The summed E-state index contributed by atoms with van der Waals surface area (Å²) in [5.41, 5.74) is -0.429. The molecule has 30 heavy (non-hydrogen) atoms. The van der Waals surface area contributed by atoms with Crippen molar-refractivity contribution in [1.29, 1.82) is 0 Å². The highest BCUT2D eigenvalue weighted by Crippen LogP contribution is 2.26. The van der Waals surface area contributed by atoms with Gasteiger partial charge in [-0.2, -0.15) is 4.31 Å². The van der Waals surface area contributed by atoms with Gasteiger partial charge in [0.2, 0.25) is 10.0 Å². The highest BCUT2D eigenvalue weighted by molar-refractivity contribution is 7.89. The fraction of sp³-hybridized carbons (Fsp3) is 0.316. The van der Waals surface area contributed by atoms with Crippen LogP contribution in [-0.2, 0) is 16.6 Å². The van der Waals surface area contributed by atoms with Gasteiger partial charge in [-0.05, 0) is 30.5 Å². The molecular formula is C19H19F3N2O5S. The summed E-state index contributed by atoms with van der Waals surface area (Å²) in [6.07, 6.45) is -0.0761. The first-order chi connectivity index (χ1) is 14.1. The van der Waals surface area contributed by atoms with Gasteiger partial charge in [0, 0.05) is 36.5 Å². The van der Waals surface area contributed by atoms with Crippen molar-refractivity contribution >= 4 is 21.6 Å². The van der Waals surface area contributed by atoms with Gasteiger partial charge in [0.1, 0.15) is 0 Å². The van der Waals surface area contributed by atoms with Gasteiger partial charge in [0.25, 0.3) is 5.91 Å². The van der Waals surface area contributed by atoms with Gasteiger partial charge < -0.3 is 15.5 Å². The first-order valence-electron chi connectivity index (χ1n) is 9.01. The molecule has 0 unspecified atom stereocenters. The van der Waals surface area contributed by atoms with Gasteiger partial charge in [-0.3, -0.25) is 4.79 Å². The minimum absolute atomic E-state index is 0.0662. The monoisotopic (exact) mass is 444 g/mol. The van der Waals surface area contributed by atoms with Gasteiger partial charge >= 0.3 is 0 Å². The van der Waals surface area contributed by atoms with Crippen molar-refractivity contribution in [3.63, 3.8) is 0 Å². The van der Waals surface area contributed by atoms with E-state index in [1.165, 1.54) is 12.1 Å². The quantitative estimate of drug-likeness (QED) is 0.612. The number of benzene rings is 2. The van der Waals surface area contributed by atoms with Crippen LogP contribution in [0.3, 0.4) is 0 Å². The number of aliphatic hydroxyl groups is 2. The average Bonchev–Trinajstić information content (AvgIpc) is 2.71. The van der Waals surface area contributed by atoms with E-state index in [0.717, 1.165) is 10.4 Å². The molecule has 0 saturated carbocycles. The number of piperidine rings is 1. The molecule has 1 aliphatic rings.